The largest absolute Gasteiger partial charge is 0.493 e. The van der Waals surface area contributed by atoms with Gasteiger partial charge in [0.15, 0.2) is 0 Å². The maximum atomic E-state index is 12.0. The minimum atomic E-state index is 0.0251. The molecule has 0 aliphatic rings. The van der Waals surface area contributed by atoms with Gasteiger partial charge in [-0.05, 0) is 74.9 Å². The van der Waals surface area contributed by atoms with E-state index in [-0.39, 0.29) is 5.91 Å². The summed E-state index contributed by atoms with van der Waals surface area (Å²) in [4.78, 5) is 26.4. The first-order valence-corrected chi connectivity index (χ1v) is 13.9. The third-order valence-electron chi connectivity index (χ3n) is 5.62. The number of hydrogen-bond acceptors (Lipinski definition) is 8. The molecule has 0 saturated heterocycles. The normalized spacial score (nSPS) is 11.6. The number of carbonyl (C=O) groups excluding carboxylic acids is 1. The number of hydrogen-bond donors (Lipinski definition) is 2. The van der Waals surface area contributed by atoms with Crippen molar-refractivity contribution in [3.63, 3.8) is 0 Å². The van der Waals surface area contributed by atoms with Gasteiger partial charge in [0.25, 0.3) is 0 Å². The Balaban J connectivity index is 1.61. The van der Waals surface area contributed by atoms with Crippen LogP contribution in [0.4, 0.5) is 11.5 Å². The highest BCUT2D eigenvalue weighted by Crippen LogP contribution is 2.29. The van der Waals surface area contributed by atoms with Crippen LogP contribution in [0.2, 0.25) is 0 Å². The third kappa shape index (κ3) is 8.81. The Kier molecular flexibility index (Phi) is 11.9. The molecule has 0 radical (unpaired) electrons. The summed E-state index contributed by atoms with van der Waals surface area (Å²) in [6.45, 7) is 10.7. The van der Waals surface area contributed by atoms with Crippen LogP contribution in [0.5, 0.6) is 11.5 Å². The summed E-state index contributed by atoms with van der Waals surface area (Å²) >= 11 is 1.66. The number of aliphatic imine (C=N–C) groups is 1. The number of nitrogens with zero attached hydrogens (tertiary/aromatic N) is 4. The summed E-state index contributed by atoms with van der Waals surface area (Å²) in [6.07, 6.45) is 10.5. The molecule has 0 fully saturated rings. The van der Waals surface area contributed by atoms with Crippen LogP contribution in [-0.2, 0) is 4.79 Å². The number of aromatic nitrogens is 2. The lowest BCUT2D eigenvalue weighted by Crippen LogP contribution is -2.29. The lowest BCUT2D eigenvalue weighted by atomic mass is 10.2. The van der Waals surface area contributed by atoms with E-state index in [9.17, 15) is 4.79 Å². The van der Waals surface area contributed by atoms with Crippen LogP contribution in [0.25, 0.3) is 10.9 Å². The molecular formula is C30H34N6O3S. The number of fused-ring (bicyclic) bond motifs is 1. The van der Waals surface area contributed by atoms with Gasteiger partial charge in [0.05, 0.1) is 18.0 Å². The van der Waals surface area contributed by atoms with E-state index in [1.165, 1.54) is 12.5 Å². The first kappa shape index (κ1) is 30.1. The fourth-order valence-electron chi connectivity index (χ4n) is 3.59. The van der Waals surface area contributed by atoms with Gasteiger partial charge in [-0.15, -0.1) is 11.8 Å². The third-order valence-corrected chi connectivity index (χ3v) is 6.57. The van der Waals surface area contributed by atoms with Gasteiger partial charge in [-0.25, -0.2) is 15.0 Å². The van der Waals surface area contributed by atoms with Crippen molar-refractivity contribution in [1.82, 2.24) is 14.9 Å². The van der Waals surface area contributed by atoms with Crippen LogP contribution >= 0.6 is 11.8 Å². The number of aryl methyl sites for hydroxylation is 1. The molecule has 0 unspecified atom stereocenters. The Morgan fingerprint density at radius 1 is 1.25 bits per heavy atom. The number of rotatable bonds is 15. The van der Waals surface area contributed by atoms with E-state index in [1.807, 2.05) is 57.2 Å². The van der Waals surface area contributed by atoms with E-state index in [0.29, 0.717) is 36.4 Å². The van der Waals surface area contributed by atoms with Gasteiger partial charge in [0.2, 0.25) is 5.91 Å². The average molecular weight is 559 g/mol. The molecule has 3 aromatic rings. The van der Waals surface area contributed by atoms with Gasteiger partial charge in [-0.2, -0.15) is 0 Å². The second kappa shape index (κ2) is 15.8. The SMILES string of the molecule is C=C/C(=C\C=NC=N)Oc1ccc(Nc2ncnc3cc(OCCSCN(CC)C(=O)/C=C/C)ccc23)cc1C. The molecule has 9 nitrogen and oxygen atoms in total. The lowest BCUT2D eigenvalue weighted by Gasteiger charge is -2.18. The molecule has 1 aromatic heterocycles. The number of ether oxygens (including phenoxy) is 2. The Morgan fingerprint density at radius 3 is 2.83 bits per heavy atom. The standard InChI is InChI=1S/C30H34N6O3S/c1-5-8-29(37)36(7-3)21-40-16-15-38-25-10-11-26-27(18-25)33-20-34-30(26)35-23-9-12-28(22(4)17-23)39-24(6-2)13-14-32-19-31/h5-6,8-14,17-20,31H,2,7,15-16,21H2,1,3-4H3,(H,33,34,35)/b8-5+,24-13+,31-19?,32-14?. The van der Waals surface area contributed by atoms with Crippen LogP contribution < -0.4 is 14.8 Å². The van der Waals surface area contributed by atoms with E-state index >= 15 is 0 Å². The van der Waals surface area contributed by atoms with E-state index in [4.69, 9.17) is 14.9 Å². The predicted octanol–water partition coefficient (Wildman–Crippen LogP) is 6.30. The molecule has 208 valence electrons. The van der Waals surface area contributed by atoms with Crippen LogP contribution in [0.1, 0.15) is 19.4 Å². The molecule has 2 aromatic carbocycles. The molecule has 10 heteroatoms. The maximum absolute atomic E-state index is 12.0. The van der Waals surface area contributed by atoms with E-state index in [1.54, 1.807) is 41.0 Å². The molecule has 0 saturated carbocycles. The first-order chi connectivity index (χ1) is 19.5. The van der Waals surface area contributed by atoms with Crippen molar-refractivity contribution in [1.29, 1.82) is 5.41 Å². The number of anilines is 2. The second-order valence-electron chi connectivity index (χ2n) is 8.39. The summed E-state index contributed by atoms with van der Waals surface area (Å²) in [5.74, 6) is 4.02. The highest BCUT2D eigenvalue weighted by atomic mass is 32.2. The van der Waals surface area contributed by atoms with Crippen LogP contribution in [-0.4, -0.2) is 58.1 Å². The van der Waals surface area contributed by atoms with Gasteiger partial charge in [0.1, 0.15) is 35.7 Å². The molecule has 40 heavy (non-hydrogen) atoms. The molecule has 0 atom stereocenters. The summed E-state index contributed by atoms with van der Waals surface area (Å²) in [5, 5.41) is 11.2. The topological polar surface area (TPSA) is 113 Å². The van der Waals surface area contributed by atoms with Crippen LogP contribution in [0.15, 0.2) is 84.4 Å². The number of allylic oxidation sites excluding steroid dienone is 3. The smallest absolute Gasteiger partial charge is 0.246 e. The lowest BCUT2D eigenvalue weighted by molar-refractivity contribution is -0.124. The zero-order valence-corrected chi connectivity index (χ0v) is 23.8. The molecular weight excluding hydrogens is 524 g/mol. The van der Waals surface area contributed by atoms with Crippen molar-refractivity contribution in [3.8, 4) is 11.5 Å². The number of amides is 1. The molecule has 3 rings (SSSR count). The minimum Gasteiger partial charge on any atom is -0.493 e. The summed E-state index contributed by atoms with van der Waals surface area (Å²) < 4.78 is 11.8. The average Bonchev–Trinajstić information content (AvgIpc) is 2.95. The highest BCUT2D eigenvalue weighted by Gasteiger charge is 2.10. The number of thioether (sulfide) groups is 1. The molecule has 0 bridgehead atoms. The molecule has 0 aliphatic carbocycles. The van der Waals surface area contributed by atoms with Gasteiger partial charge < -0.3 is 19.7 Å². The Hall–Kier alpha value is -4.44. The van der Waals surface area contributed by atoms with Crippen molar-refractivity contribution in [2.24, 2.45) is 4.99 Å². The number of carbonyl (C=O) groups is 1. The Bertz CT molecular complexity index is 1420. The monoisotopic (exact) mass is 558 g/mol. The number of benzene rings is 2. The number of likely N-dealkylation sites (N-methyl/N-ethyl adjacent to an activating group) is 1. The maximum Gasteiger partial charge on any atom is 0.246 e. The fourth-order valence-corrected chi connectivity index (χ4v) is 4.45. The van der Waals surface area contributed by atoms with Crippen molar-refractivity contribution in [3.05, 3.63) is 84.9 Å². The van der Waals surface area contributed by atoms with Crippen molar-refractivity contribution >= 4 is 52.6 Å². The quantitative estimate of drug-likeness (QED) is 0.0428. The van der Waals surface area contributed by atoms with Gasteiger partial charge in [-0.3, -0.25) is 10.2 Å². The Morgan fingerprint density at radius 2 is 2.10 bits per heavy atom. The predicted molar refractivity (Wildman–Crippen MR) is 165 cm³/mol. The zero-order chi connectivity index (χ0) is 28.7. The Labute approximate surface area is 239 Å². The number of nitrogens with one attached hydrogen (secondary N) is 2. The summed E-state index contributed by atoms with van der Waals surface area (Å²) in [6, 6.07) is 11.5. The van der Waals surface area contributed by atoms with Gasteiger partial charge in [0, 0.05) is 35.7 Å². The van der Waals surface area contributed by atoms with E-state index < -0.39 is 0 Å². The second-order valence-corrected chi connectivity index (χ2v) is 9.46. The molecule has 0 aliphatic heterocycles. The van der Waals surface area contributed by atoms with Gasteiger partial charge >= 0.3 is 0 Å². The summed E-state index contributed by atoms with van der Waals surface area (Å²) in [7, 11) is 0. The highest BCUT2D eigenvalue weighted by molar-refractivity contribution is 7.99. The van der Waals surface area contributed by atoms with Gasteiger partial charge in [-0.1, -0.05) is 12.7 Å². The fraction of sp³-hybridized carbons (Fsp3) is 0.233. The molecule has 1 heterocycles. The van der Waals surface area contributed by atoms with Crippen molar-refractivity contribution in [2.75, 3.05) is 30.1 Å². The van der Waals surface area contributed by atoms with Crippen LogP contribution in [0, 0.1) is 12.3 Å². The zero-order valence-electron chi connectivity index (χ0n) is 23.0. The molecule has 0 spiro atoms. The minimum absolute atomic E-state index is 0.0251. The first-order valence-electron chi connectivity index (χ1n) is 12.8. The van der Waals surface area contributed by atoms with Crippen LogP contribution in [0.3, 0.4) is 0 Å². The molecule has 2 N–H and O–H groups in total. The summed E-state index contributed by atoms with van der Waals surface area (Å²) in [5.41, 5.74) is 2.54. The van der Waals surface area contributed by atoms with Crippen molar-refractivity contribution in [2.45, 2.75) is 20.8 Å². The van der Waals surface area contributed by atoms with E-state index in [2.05, 4.69) is 26.9 Å². The van der Waals surface area contributed by atoms with E-state index in [0.717, 1.165) is 40.0 Å². The molecule has 1 amide bonds. The van der Waals surface area contributed by atoms with Crippen molar-refractivity contribution < 1.29 is 14.3 Å².